The lowest BCUT2D eigenvalue weighted by Gasteiger charge is -2.18. The normalized spacial score (nSPS) is 12.2. The number of allylic oxidation sites excluding steroid dienone is 6. The van der Waals surface area contributed by atoms with Crippen LogP contribution in [0.15, 0.2) is 36.5 Å². The Hall–Kier alpha value is -2.37. The summed E-state index contributed by atoms with van der Waals surface area (Å²) in [5.74, 6) is -0.883. The van der Waals surface area contributed by atoms with Crippen molar-refractivity contribution in [1.82, 2.24) is 0 Å². The Morgan fingerprint density at radius 2 is 0.571 bits per heavy atom. The van der Waals surface area contributed by atoms with Gasteiger partial charge in [0.1, 0.15) is 13.2 Å². The summed E-state index contributed by atoms with van der Waals surface area (Å²) in [6.07, 6.45) is 61.8. The van der Waals surface area contributed by atoms with E-state index in [-0.39, 0.29) is 31.1 Å². The van der Waals surface area contributed by atoms with Gasteiger partial charge in [0.15, 0.2) is 6.10 Å². The Labute approximate surface area is 391 Å². The minimum absolute atomic E-state index is 0.0729. The fourth-order valence-corrected chi connectivity index (χ4v) is 7.94. The van der Waals surface area contributed by atoms with Gasteiger partial charge in [0.25, 0.3) is 0 Å². The molecule has 0 spiro atoms. The molecule has 0 amide bonds. The molecule has 0 fully saturated rings. The molecule has 0 heterocycles. The highest BCUT2D eigenvalue weighted by atomic mass is 16.6. The van der Waals surface area contributed by atoms with E-state index in [4.69, 9.17) is 14.2 Å². The summed E-state index contributed by atoms with van der Waals surface area (Å²) < 4.78 is 16.7. The van der Waals surface area contributed by atoms with Crippen LogP contribution in [0.4, 0.5) is 0 Å². The van der Waals surface area contributed by atoms with Gasteiger partial charge in [-0.3, -0.25) is 14.4 Å². The lowest BCUT2D eigenvalue weighted by atomic mass is 10.0. The van der Waals surface area contributed by atoms with Crippen molar-refractivity contribution in [2.45, 2.75) is 297 Å². The van der Waals surface area contributed by atoms with Crippen LogP contribution in [-0.4, -0.2) is 37.2 Å². The fourth-order valence-electron chi connectivity index (χ4n) is 7.94. The Bertz CT molecular complexity index is 1060. The third-order valence-corrected chi connectivity index (χ3v) is 12.1. The summed E-state index contributed by atoms with van der Waals surface area (Å²) in [4.78, 5) is 37.7. The van der Waals surface area contributed by atoms with Gasteiger partial charge >= 0.3 is 17.9 Å². The van der Waals surface area contributed by atoms with E-state index in [0.717, 1.165) is 70.6 Å². The molecule has 6 nitrogen and oxygen atoms in total. The van der Waals surface area contributed by atoms with Gasteiger partial charge in [0.05, 0.1) is 0 Å². The van der Waals surface area contributed by atoms with Crippen LogP contribution >= 0.6 is 0 Å². The summed E-state index contributed by atoms with van der Waals surface area (Å²) in [6, 6.07) is 0. The molecule has 0 aromatic heterocycles. The second-order valence-electron chi connectivity index (χ2n) is 18.5. The minimum atomic E-state index is -0.769. The van der Waals surface area contributed by atoms with E-state index >= 15 is 0 Å². The Morgan fingerprint density at radius 3 is 0.921 bits per heavy atom. The lowest BCUT2D eigenvalue weighted by Crippen LogP contribution is -2.30. The van der Waals surface area contributed by atoms with E-state index in [1.807, 2.05) is 0 Å². The Balaban J connectivity index is 4.02. The molecule has 0 saturated heterocycles. The molecule has 0 aromatic rings. The number of carbonyl (C=O) groups is 3. The van der Waals surface area contributed by atoms with Crippen LogP contribution in [-0.2, 0) is 28.6 Å². The maximum absolute atomic E-state index is 12.7. The van der Waals surface area contributed by atoms with Gasteiger partial charge in [0, 0.05) is 19.3 Å². The van der Waals surface area contributed by atoms with E-state index in [1.165, 1.54) is 180 Å². The van der Waals surface area contributed by atoms with Crippen LogP contribution in [0, 0.1) is 0 Å². The van der Waals surface area contributed by atoms with Crippen LogP contribution in [0.25, 0.3) is 0 Å². The van der Waals surface area contributed by atoms with E-state index in [2.05, 4.69) is 57.2 Å². The average Bonchev–Trinajstić information content (AvgIpc) is 3.28. The number of hydrogen-bond donors (Lipinski definition) is 0. The fraction of sp³-hybridized carbons (Fsp3) is 0.842. The molecular weight excluding hydrogens is 781 g/mol. The second kappa shape index (κ2) is 52.3. The molecule has 0 aliphatic rings. The Morgan fingerprint density at radius 1 is 0.317 bits per heavy atom. The molecule has 0 rings (SSSR count). The van der Waals surface area contributed by atoms with Crippen molar-refractivity contribution < 1.29 is 28.6 Å². The predicted octanol–water partition coefficient (Wildman–Crippen LogP) is 18.1. The van der Waals surface area contributed by atoms with E-state index in [1.54, 1.807) is 0 Å². The zero-order chi connectivity index (χ0) is 45.8. The first-order chi connectivity index (χ1) is 31.0. The van der Waals surface area contributed by atoms with Gasteiger partial charge in [-0.25, -0.2) is 0 Å². The zero-order valence-corrected chi connectivity index (χ0v) is 42.1. The van der Waals surface area contributed by atoms with Crippen molar-refractivity contribution in [1.29, 1.82) is 0 Å². The monoisotopic (exact) mass is 885 g/mol. The van der Waals surface area contributed by atoms with Gasteiger partial charge in [-0.2, -0.15) is 0 Å². The van der Waals surface area contributed by atoms with Crippen molar-refractivity contribution in [3.05, 3.63) is 36.5 Å². The molecule has 0 bridgehead atoms. The zero-order valence-electron chi connectivity index (χ0n) is 42.1. The highest BCUT2D eigenvalue weighted by molar-refractivity contribution is 5.71. The molecule has 0 aliphatic heterocycles. The quantitative estimate of drug-likeness (QED) is 0.0262. The average molecular weight is 885 g/mol. The summed E-state index contributed by atoms with van der Waals surface area (Å²) in [5.41, 5.74) is 0. The maximum Gasteiger partial charge on any atom is 0.306 e. The molecule has 0 aliphatic carbocycles. The highest BCUT2D eigenvalue weighted by Crippen LogP contribution is 2.16. The number of carbonyl (C=O) groups excluding carboxylic acids is 3. The van der Waals surface area contributed by atoms with Crippen LogP contribution < -0.4 is 0 Å². The summed E-state index contributed by atoms with van der Waals surface area (Å²) in [6.45, 7) is 6.56. The van der Waals surface area contributed by atoms with Crippen molar-refractivity contribution in [3.63, 3.8) is 0 Å². The van der Waals surface area contributed by atoms with Crippen LogP contribution in [0.1, 0.15) is 290 Å². The number of unbranched alkanes of at least 4 members (excludes halogenated alkanes) is 33. The number of hydrogen-bond acceptors (Lipinski definition) is 6. The van der Waals surface area contributed by atoms with Gasteiger partial charge in [-0.05, 0) is 77.0 Å². The molecule has 6 heteroatoms. The van der Waals surface area contributed by atoms with Crippen molar-refractivity contribution in [2.75, 3.05) is 13.2 Å². The standard InChI is InChI=1S/C57H104O6/c1-4-7-10-13-16-18-20-22-23-24-25-26-27-28-29-30-31-32-33-34-35-36-38-39-41-44-47-50-56(59)62-53-54(52-61-55(58)49-46-43-15-12-9-6-3)63-57(60)51-48-45-42-40-37-21-19-17-14-11-8-5-2/h17,19-20,22,24-25,54H,4-16,18,21,23,26-53H2,1-3H3/b19-17-,22-20-,25-24-. The summed E-state index contributed by atoms with van der Waals surface area (Å²) >= 11 is 0. The van der Waals surface area contributed by atoms with Crippen molar-refractivity contribution in [3.8, 4) is 0 Å². The Kier molecular flexibility index (Phi) is 50.3. The van der Waals surface area contributed by atoms with Crippen molar-refractivity contribution >= 4 is 17.9 Å². The van der Waals surface area contributed by atoms with E-state index in [9.17, 15) is 14.4 Å². The second-order valence-corrected chi connectivity index (χ2v) is 18.5. The topological polar surface area (TPSA) is 78.9 Å². The maximum atomic E-state index is 12.7. The number of ether oxygens (including phenoxy) is 3. The van der Waals surface area contributed by atoms with Crippen LogP contribution in [0.5, 0.6) is 0 Å². The third-order valence-electron chi connectivity index (χ3n) is 12.1. The van der Waals surface area contributed by atoms with Crippen LogP contribution in [0.3, 0.4) is 0 Å². The van der Waals surface area contributed by atoms with Gasteiger partial charge in [-0.15, -0.1) is 0 Å². The molecule has 0 radical (unpaired) electrons. The molecule has 1 unspecified atom stereocenters. The van der Waals surface area contributed by atoms with Gasteiger partial charge in [-0.1, -0.05) is 231 Å². The third kappa shape index (κ3) is 50.5. The molecule has 0 saturated carbocycles. The largest absolute Gasteiger partial charge is 0.462 e. The van der Waals surface area contributed by atoms with E-state index in [0.29, 0.717) is 19.3 Å². The predicted molar refractivity (Wildman–Crippen MR) is 270 cm³/mol. The molecule has 63 heavy (non-hydrogen) atoms. The molecule has 1 atom stereocenters. The smallest absolute Gasteiger partial charge is 0.306 e. The molecule has 368 valence electrons. The summed E-state index contributed by atoms with van der Waals surface area (Å²) in [7, 11) is 0. The summed E-state index contributed by atoms with van der Waals surface area (Å²) in [5, 5.41) is 0. The van der Waals surface area contributed by atoms with E-state index < -0.39 is 6.10 Å². The van der Waals surface area contributed by atoms with Gasteiger partial charge in [0.2, 0.25) is 0 Å². The first-order valence-electron chi connectivity index (χ1n) is 27.5. The minimum Gasteiger partial charge on any atom is -0.462 e. The van der Waals surface area contributed by atoms with Crippen LogP contribution in [0.2, 0.25) is 0 Å². The first-order valence-corrected chi connectivity index (χ1v) is 27.5. The molecule has 0 aromatic carbocycles. The van der Waals surface area contributed by atoms with Crippen molar-refractivity contribution in [2.24, 2.45) is 0 Å². The molecule has 0 N–H and O–H groups in total. The lowest BCUT2D eigenvalue weighted by molar-refractivity contribution is -0.167. The SMILES string of the molecule is CCCCC/C=C\CCCCCCCC(=O)OC(COC(=O)CCCCCCCC)COC(=O)CCCCCCCCCCCCCCCCC/C=C\C/C=C\CCCCCCC. The molecular formula is C57H104O6. The number of rotatable bonds is 50. The first kappa shape index (κ1) is 60.6. The van der Waals surface area contributed by atoms with Gasteiger partial charge < -0.3 is 14.2 Å². The highest BCUT2D eigenvalue weighted by Gasteiger charge is 2.19. The number of esters is 3.